The lowest BCUT2D eigenvalue weighted by atomic mass is 9.92. The molecule has 1 aromatic rings. The Kier molecular flexibility index (Phi) is 5.94. The first-order valence-electron chi connectivity index (χ1n) is 8.17. The lowest BCUT2D eigenvalue weighted by Crippen LogP contribution is -2.33. The predicted molar refractivity (Wildman–Crippen MR) is 96.5 cm³/mol. The first-order chi connectivity index (χ1) is 10.9. The van der Waals surface area contributed by atoms with Crippen LogP contribution in [0.4, 0.5) is 0 Å². The van der Waals surface area contributed by atoms with E-state index in [1.807, 2.05) is 11.8 Å². The minimum absolute atomic E-state index is 0. The third-order valence-electron chi connectivity index (χ3n) is 5.17. The molecule has 1 N–H and O–H groups in total. The van der Waals surface area contributed by atoms with Crippen molar-refractivity contribution in [2.45, 2.75) is 24.7 Å². The normalized spacial score (nSPS) is 24.0. The molecule has 0 aliphatic carbocycles. The van der Waals surface area contributed by atoms with Crippen molar-refractivity contribution in [3.8, 4) is 0 Å². The summed E-state index contributed by atoms with van der Waals surface area (Å²) in [4.78, 5) is 15.0. The molecule has 134 valence electrons. The molecule has 2 atom stereocenters. The highest BCUT2D eigenvalue weighted by molar-refractivity contribution is 7.90. The summed E-state index contributed by atoms with van der Waals surface area (Å²) >= 11 is 0. The zero-order valence-electron chi connectivity index (χ0n) is 14.1. The number of likely N-dealkylation sites (tertiary alicyclic amines) is 1. The van der Waals surface area contributed by atoms with Crippen LogP contribution in [0.2, 0.25) is 0 Å². The van der Waals surface area contributed by atoms with Gasteiger partial charge in [-0.2, -0.15) is 0 Å². The molecule has 0 unspecified atom stereocenters. The van der Waals surface area contributed by atoms with E-state index in [9.17, 15) is 13.2 Å². The van der Waals surface area contributed by atoms with Gasteiger partial charge in [0.25, 0.3) is 5.91 Å². The molecule has 0 aromatic heterocycles. The topological polar surface area (TPSA) is 66.5 Å². The number of benzene rings is 1. The molecule has 0 radical (unpaired) electrons. The van der Waals surface area contributed by atoms with E-state index in [-0.39, 0.29) is 23.2 Å². The molecule has 2 saturated heterocycles. The van der Waals surface area contributed by atoms with Gasteiger partial charge in [0.05, 0.1) is 4.90 Å². The third kappa shape index (κ3) is 3.92. The SMILES string of the molecule is Cc1ccc(S(C)(=O)=O)cc1C(=O)N1CC[C@@H]2CNC[C@@H]2CC1.Cl. The van der Waals surface area contributed by atoms with E-state index in [1.165, 1.54) is 12.3 Å². The average molecular weight is 373 g/mol. The monoisotopic (exact) mass is 372 g/mol. The van der Waals surface area contributed by atoms with Crippen molar-refractivity contribution >= 4 is 28.2 Å². The fourth-order valence-electron chi connectivity index (χ4n) is 3.65. The van der Waals surface area contributed by atoms with Crippen molar-refractivity contribution in [1.29, 1.82) is 0 Å². The Hall–Kier alpha value is -1.11. The molecule has 2 heterocycles. The van der Waals surface area contributed by atoms with Crippen molar-refractivity contribution in [1.82, 2.24) is 10.2 Å². The number of halogens is 1. The van der Waals surface area contributed by atoms with Crippen LogP contribution < -0.4 is 5.32 Å². The molecule has 5 nitrogen and oxygen atoms in total. The highest BCUT2D eigenvalue weighted by Crippen LogP contribution is 2.28. The molecule has 3 rings (SSSR count). The summed E-state index contributed by atoms with van der Waals surface area (Å²) in [6.07, 6.45) is 3.22. The van der Waals surface area contributed by atoms with Crippen molar-refractivity contribution in [2.24, 2.45) is 11.8 Å². The molecule has 0 saturated carbocycles. The first-order valence-corrected chi connectivity index (χ1v) is 10.1. The van der Waals surface area contributed by atoms with Gasteiger partial charge in [-0.3, -0.25) is 4.79 Å². The van der Waals surface area contributed by atoms with E-state index in [4.69, 9.17) is 0 Å². The number of rotatable bonds is 2. The van der Waals surface area contributed by atoms with Crippen molar-refractivity contribution in [2.75, 3.05) is 32.4 Å². The number of aryl methyl sites for hydroxylation is 1. The summed E-state index contributed by atoms with van der Waals surface area (Å²) in [5, 5.41) is 3.43. The van der Waals surface area contributed by atoms with E-state index in [1.54, 1.807) is 12.1 Å². The fraction of sp³-hybridized carbons (Fsp3) is 0.588. The second-order valence-electron chi connectivity index (χ2n) is 6.80. The largest absolute Gasteiger partial charge is 0.339 e. The van der Waals surface area contributed by atoms with Crippen LogP contribution in [0.25, 0.3) is 0 Å². The molecule has 0 spiro atoms. The highest BCUT2D eigenvalue weighted by atomic mass is 35.5. The van der Waals surface area contributed by atoms with E-state index >= 15 is 0 Å². The second kappa shape index (κ2) is 7.42. The number of nitrogens with one attached hydrogen (secondary N) is 1. The van der Waals surface area contributed by atoms with Gasteiger partial charge in [0.1, 0.15) is 0 Å². The van der Waals surface area contributed by atoms with Gasteiger partial charge in [0.2, 0.25) is 0 Å². The maximum absolute atomic E-state index is 12.9. The molecule has 1 amide bonds. The molecule has 2 aliphatic rings. The van der Waals surface area contributed by atoms with Crippen molar-refractivity contribution < 1.29 is 13.2 Å². The average Bonchev–Trinajstić information content (AvgIpc) is 2.84. The predicted octanol–water partition coefficient (Wildman–Crippen LogP) is 1.89. The van der Waals surface area contributed by atoms with Crippen LogP contribution in [0.5, 0.6) is 0 Å². The number of sulfone groups is 1. The molecule has 2 fully saturated rings. The standard InChI is InChI=1S/C17H24N2O3S.ClH/c1-12-3-4-15(23(2,21)22)9-16(12)17(20)19-7-5-13-10-18-11-14(13)6-8-19;/h3-4,9,13-14,18H,5-8,10-11H2,1-2H3;1H/t13-,14+;. The van der Waals surface area contributed by atoms with Gasteiger partial charge in [-0.25, -0.2) is 8.42 Å². The zero-order chi connectivity index (χ0) is 16.6. The Bertz CT molecular complexity index is 707. The van der Waals surface area contributed by atoms with E-state index in [0.717, 1.165) is 44.6 Å². The minimum Gasteiger partial charge on any atom is -0.339 e. The third-order valence-corrected chi connectivity index (χ3v) is 6.28. The fourth-order valence-corrected chi connectivity index (χ4v) is 4.30. The number of nitrogens with zero attached hydrogens (tertiary/aromatic N) is 1. The zero-order valence-corrected chi connectivity index (χ0v) is 15.8. The second-order valence-corrected chi connectivity index (χ2v) is 8.81. The van der Waals surface area contributed by atoms with Gasteiger partial charge in [0.15, 0.2) is 9.84 Å². The molecular weight excluding hydrogens is 348 g/mol. The molecule has 1 aromatic carbocycles. The summed E-state index contributed by atoms with van der Waals surface area (Å²) in [7, 11) is -3.30. The van der Waals surface area contributed by atoms with Gasteiger partial charge >= 0.3 is 0 Å². The summed E-state index contributed by atoms with van der Waals surface area (Å²) < 4.78 is 23.5. The number of amides is 1. The Labute approximate surface area is 150 Å². The quantitative estimate of drug-likeness (QED) is 0.860. The number of fused-ring (bicyclic) bond motifs is 1. The Morgan fingerprint density at radius 2 is 1.75 bits per heavy atom. The molecule has 0 bridgehead atoms. The minimum atomic E-state index is -3.30. The van der Waals surface area contributed by atoms with Gasteiger partial charge in [-0.1, -0.05) is 6.07 Å². The van der Waals surface area contributed by atoms with Crippen LogP contribution in [0.1, 0.15) is 28.8 Å². The van der Waals surface area contributed by atoms with Crippen LogP contribution in [0, 0.1) is 18.8 Å². The lowest BCUT2D eigenvalue weighted by molar-refractivity contribution is 0.0757. The van der Waals surface area contributed by atoms with Gasteiger partial charge in [-0.15, -0.1) is 12.4 Å². The Balaban J connectivity index is 0.00000208. The number of hydrogen-bond donors (Lipinski definition) is 1. The number of hydrogen-bond acceptors (Lipinski definition) is 4. The lowest BCUT2D eigenvalue weighted by Gasteiger charge is -2.22. The highest BCUT2D eigenvalue weighted by Gasteiger charge is 2.32. The van der Waals surface area contributed by atoms with Gasteiger partial charge < -0.3 is 10.2 Å². The van der Waals surface area contributed by atoms with E-state index < -0.39 is 9.84 Å². The molecule has 2 aliphatic heterocycles. The van der Waals surface area contributed by atoms with Crippen molar-refractivity contribution in [3.05, 3.63) is 29.3 Å². The smallest absolute Gasteiger partial charge is 0.254 e. The number of carbonyl (C=O) groups is 1. The first kappa shape index (κ1) is 19.2. The van der Waals surface area contributed by atoms with Crippen LogP contribution >= 0.6 is 12.4 Å². The van der Waals surface area contributed by atoms with Gasteiger partial charge in [0, 0.05) is 24.9 Å². The molecular formula is C17H25ClN2O3S. The van der Waals surface area contributed by atoms with Crippen LogP contribution in [0.3, 0.4) is 0 Å². The van der Waals surface area contributed by atoms with Crippen LogP contribution in [-0.2, 0) is 9.84 Å². The maximum Gasteiger partial charge on any atom is 0.254 e. The summed E-state index contributed by atoms with van der Waals surface area (Å²) in [5.74, 6) is 1.29. The summed E-state index contributed by atoms with van der Waals surface area (Å²) in [6.45, 7) is 5.47. The van der Waals surface area contributed by atoms with Crippen LogP contribution in [-0.4, -0.2) is 51.7 Å². The van der Waals surface area contributed by atoms with E-state index in [2.05, 4.69) is 5.32 Å². The Morgan fingerprint density at radius 3 is 2.29 bits per heavy atom. The number of carbonyl (C=O) groups excluding carboxylic acids is 1. The van der Waals surface area contributed by atoms with Crippen LogP contribution in [0.15, 0.2) is 23.1 Å². The summed E-state index contributed by atoms with van der Waals surface area (Å²) in [5.41, 5.74) is 1.34. The van der Waals surface area contributed by atoms with Crippen molar-refractivity contribution in [3.63, 3.8) is 0 Å². The maximum atomic E-state index is 12.9. The van der Waals surface area contributed by atoms with E-state index in [0.29, 0.717) is 17.4 Å². The Morgan fingerprint density at radius 1 is 1.17 bits per heavy atom. The molecule has 24 heavy (non-hydrogen) atoms. The molecule has 7 heteroatoms. The summed E-state index contributed by atoms with van der Waals surface area (Å²) in [6, 6.07) is 4.82. The van der Waals surface area contributed by atoms with Gasteiger partial charge in [-0.05, 0) is 62.4 Å².